The van der Waals surface area contributed by atoms with E-state index in [-0.39, 0.29) is 30.0 Å². The monoisotopic (exact) mass is 415 g/mol. The summed E-state index contributed by atoms with van der Waals surface area (Å²) < 4.78 is 16.0. The highest BCUT2D eigenvalue weighted by atomic mass is 16.6. The molecule has 1 fully saturated rings. The van der Waals surface area contributed by atoms with E-state index in [2.05, 4.69) is 10.2 Å². The van der Waals surface area contributed by atoms with Crippen molar-refractivity contribution < 1.29 is 23.9 Å². The molecule has 30 heavy (non-hydrogen) atoms. The zero-order chi connectivity index (χ0) is 21.3. The van der Waals surface area contributed by atoms with Gasteiger partial charge in [0, 0.05) is 25.7 Å². The average molecular weight is 415 g/mol. The summed E-state index contributed by atoms with van der Waals surface area (Å²) in [4.78, 5) is 25.1. The predicted octanol–water partition coefficient (Wildman–Crippen LogP) is 2.17. The van der Waals surface area contributed by atoms with Gasteiger partial charge in [-0.05, 0) is 23.8 Å². The largest absolute Gasteiger partial charge is 0.497 e. The molecule has 0 aromatic heterocycles. The molecule has 1 aliphatic heterocycles. The van der Waals surface area contributed by atoms with Crippen LogP contribution in [0.4, 0.5) is 5.69 Å². The molecule has 0 bridgehead atoms. The molecule has 1 atom stereocenters. The normalized spacial score (nSPS) is 15.2. The number of para-hydroxylation sites is 2. The van der Waals surface area contributed by atoms with Gasteiger partial charge in [0.15, 0.2) is 12.4 Å². The van der Waals surface area contributed by atoms with Crippen molar-refractivity contribution in [1.82, 2.24) is 10.2 Å². The molecule has 160 valence electrons. The van der Waals surface area contributed by atoms with Crippen LogP contribution in [0.25, 0.3) is 0 Å². The van der Waals surface area contributed by atoms with E-state index in [1.807, 2.05) is 24.3 Å². The van der Waals surface area contributed by atoms with Crippen LogP contribution in [0.15, 0.2) is 48.5 Å². The van der Waals surface area contributed by atoms with Crippen LogP contribution >= 0.6 is 0 Å². The SMILES string of the molecule is COc1ccc([C@@H](CNC(=O)COc2ccccc2[N+](=O)[O-])N2CCOCC2)cc1. The highest BCUT2D eigenvalue weighted by molar-refractivity contribution is 5.77. The van der Waals surface area contributed by atoms with Crippen LogP contribution in [0.5, 0.6) is 11.5 Å². The summed E-state index contributed by atoms with van der Waals surface area (Å²) in [5, 5.41) is 13.9. The minimum absolute atomic E-state index is 0.0326. The third-order valence-electron chi connectivity index (χ3n) is 4.90. The molecule has 1 heterocycles. The number of amides is 1. The van der Waals surface area contributed by atoms with Gasteiger partial charge in [-0.15, -0.1) is 0 Å². The molecule has 9 heteroatoms. The van der Waals surface area contributed by atoms with Gasteiger partial charge in [0.1, 0.15) is 5.75 Å². The number of carbonyl (C=O) groups is 1. The zero-order valence-electron chi connectivity index (χ0n) is 16.8. The van der Waals surface area contributed by atoms with Crippen molar-refractivity contribution in [3.8, 4) is 11.5 Å². The number of nitro groups is 1. The van der Waals surface area contributed by atoms with Crippen molar-refractivity contribution in [3.63, 3.8) is 0 Å². The Balaban J connectivity index is 1.61. The van der Waals surface area contributed by atoms with Crippen molar-refractivity contribution in [1.29, 1.82) is 0 Å². The van der Waals surface area contributed by atoms with E-state index in [0.717, 1.165) is 24.4 Å². The summed E-state index contributed by atoms with van der Waals surface area (Å²) in [7, 11) is 1.62. The zero-order valence-corrected chi connectivity index (χ0v) is 16.8. The molecule has 2 aromatic rings. The van der Waals surface area contributed by atoms with Crippen molar-refractivity contribution in [2.45, 2.75) is 6.04 Å². The number of carbonyl (C=O) groups excluding carboxylic acids is 1. The first-order chi connectivity index (χ1) is 14.6. The Labute approximate surface area is 174 Å². The third-order valence-corrected chi connectivity index (χ3v) is 4.90. The second-order valence-electron chi connectivity index (χ2n) is 6.75. The molecule has 1 aliphatic rings. The van der Waals surface area contributed by atoms with Crippen molar-refractivity contribution in [3.05, 3.63) is 64.2 Å². The van der Waals surface area contributed by atoms with E-state index in [1.165, 1.54) is 12.1 Å². The van der Waals surface area contributed by atoms with Gasteiger partial charge in [0.25, 0.3) is 5.91 Å². The molecule has 9 nitrogen and oxygen atoms in total. The van der Waals surface area contributed by atoms with Crippen LogP contribution in [0.3, 0.4) is 0 Å². The maximum atomic E-state index is 12.3. The average Bonchev–Trinajstić information content (AvgIpc) is 2.79. The number of nitrogens with zero attached hydrogens (tertiary/aromatic N) is 2. The summed E-state index contributed by atoms with van der Waals surface area (Å²) in [5.74, 6) is 0.485. The van der Waals surface area contributed by atoms with Crippen molar-refractivity contribution in [2.24, 2.45) is 0 Å². The number of hydrogen-bond acceptors (Lipinski definition) is 7. The number of methoxy groups -OCH3 is 1. The lowest BCUT2D eigenvalue weighted by atomic mass is 10.0. The van der Waals surface area contributed by atoms with Crippen LogP contribution < -0.4 is 14.8 Å². The summed E-state index contributed by atoms with van der Waals surface area (Å²) in [5.41, 5.74) is 0.882. The van der Waals surface area contributed by atoms with E-state index >= 15 is 0 Å². The quantitative estimate of drug-likeness (QED) is 0.494. The number of ether oxygens (including phenoxy) is 3. The molecular formula is C21H25N3O6. The van der Waals surface area contributed by atoms with Crippen LogP contribution in [0, 0.1) is 10.1 Å². The van der Waals surface area contributed by atoms with Gasteiger partial charge >= 0.3 is 5.69 Å². The second kappa shape index (κ2) is 10.6. The first-order valence-corrected chi connectivity index (χ1v) is 9.67. The fourth-order valence-electron chi connectivity index (χ4n) is 3.31. The molecule has 0 aliphatic carbocycles. The Bertz CT molecular complexity index is 852. The lowest BCUT2D eigenvalue weighted by molar-refractivity contribution is -0.385. The number of morpholine rings is 1. The summed E-state index contributed by atoms with van der Waals surface area (Å²) >= 11 is 0. The summed E-state index contributed by atoms with van der Waals surface area (Å²) in [6.07, 6.45) is 0. The molecule has 0 radical (unpaired) electrons. The molecule has 0 unspecified atom stereocenters. The van der Waals surface area contributed by atoms with E-state index in [1.54, 1.807) is 19.2 Å². The molecule has 3 rings (SSSR count). The summed E-state index contributed by atoms with van der Waals surface area (Å²) in [6.45, 7) is 2.88. The second-order valence-corrected chi connectivity index (χ2v) is 6.75. The Morgan fingerprint density at radius 2 is 1.90 bits per heavy atom. The Morgan fingerprint density at radius 3 is 2.57 bits per heavy atom. The highest BCUT2D eigenvalue weighted by Gasteiger charge is 2.23. The highest BCUT2D eigenvalue weighted by Crippen LogP contribution is 2.26. The molecule has 2 aromatic carbocycles. The van der Waals surface area contributed by atoms with Crippen molar-refractivity contribution in [2.75, 3.05) is 46.6 Å². The third kappa shape index (κ3) is 5.68. The molecule has 1 amide bonds. The standard InChI is InChI=1S/C21H25N3O6/c1-28-17-8-6-16(7-9-17)19(23-10-12-29-13-11-23)14-22-21(25)15-30-20-5-3-2-4-18(20)24(26)27/h2-9,19H,10-15H2,1H3,(H,22,25)/t19-/m1/s1. The minimum Gasteiger partial charge on any atom is -0.497 e. The maximum Gasteiger partial charge on any atom is 0.310 e. The van der Waals surface area contributed by atoms with Gasteiger partial charge in [-0.25, -0.2) is 0 Å². The Hall–Kier alpha value is -3.17. The lowest BCUT2D eigenvalue weighted by Crippen LogP contribution is -2.44. The van der Waals surface area contributed by atoms with E-state index in [4.69, 9.17) is 14.2 Å². The molecular weight excluding hydrogens is 390 g/mol. The first kappa shape index (κ1) is 21.5. The van der Waals surface area contributed by atoms with E-state index in [9.17, 15) is 14.9 Å². The van der Waals surface area contributed by atoms with Crippen molar-refractivity contribution >= 4 is 11.6 Å². The fraction of sp³-hybridized carbons (Fsp3) is 0.381. The number of nitro benzene ring substituents is 1. The van der Waals surface area contributed by atoms with Crippen LogP contribution in [0.2, 0.25) is 0 Å². The van der Waals surface area contributed by atoms with Crippen LogP contribution in [0.1, 0.15) is 11.6 Å². The molecule has 0 spiro atoms. The van der Waals surface area contributed by atoms with Gasteiger partial charge < -0.3 is 19.5 Å². The predicted molar refractivity (Wildman–Crippen MR) is 110 cm³/mol. The maximum absolute atomic E-state index is 12.3. The van der Waals surface area contributed by atoms with E-state index in [0.29, 0.717) is 19.8 Å². The van der Waals surface area contributed by atoms with Crippen LogP contribution in [-0.2, 0) is 9.53 Å². The summed E-state index contributed by atoms with van der Waals surface area (Å²) in [6, 6.07) is 13.7. The van der Waals surface area contributed by atoms with Crippen LogP contribution in [-0.4, -0.2) is 62.3 Å². The van der Waals surface area contributed by atoms with Gasteiger partial charge in [0.05, 0.1) is 31.3 Å². The van der Waals surface area contributed by atoms with Gasteiger partial charge in [0.2, 0.25) is 0 Å². The fourth-order valence-corrected chi connectivity index (χ4v) is 3.31. The Kier molecular flexibility index (Phi) is 7.58. The number of hydrogen-bond donors (Lipinski definition) is 1. The van der Waals surface area contributed by atoms with Gasteiger partial charge in [-0.1, -0.05) is 24.3 Å². The topological polar surface area (TPSA) is 103 Å². The molecule has 1 saturated heterocycles. The number of rotatable bonds is 9. The molecule has 0 saturated carbocycles. The number of benzene rings is 2. The van der Waals surface area contributed by atoms with Gasteiger partial charge in [-0.3, -0.25) is 19.8 Å². The smallest absolute Gasteiger partial charge is 0.310 e. The van der Waals surface area contributed by atoms with E-state index < -0.39 is 4.92 Å². The van der Waals surface area contributed by atoms with Gasteiger partial charge in [-0.2, -0.15) is 0 Å². The lowest BCUT2D eigenvalue weighted by Gasteiger charge is -2.35. The molecule has 1 N–H and O–H groups in total. The number of nitrogens with one attached hydrogen (secondary N) is 1. The minimum atomic E-state index is -0.536. The first-order valence-electron chi connectivity index (χ1n) is 9.67. The Morgan fingerprint density at radius 1 is 1.20 bits per heavy atom.